The molecule has 1 fully saturated rings. The third-order valence-electron chi connectivity index (χ3n) is 6.81. The molecule has 0 unspecified atom stereocenters. The topological polar surface area (TPSA) is 35.6 Å². The van der Waals surface area contributed by atoms with Gasteiger partial charge in [0.05, 0.1) is 5.69 Å². The lowest BCUT2D eigenvalue weighted by Gasteiger charge is -2.28. The standard InChI is InChI=1S/C29H31N3O/c1-22(32-17-6-7-18-32)27-10-4-5-11-28(27)30-29(33)25-14-12-23(13-15-25)20-31-19-16-24-8-2-3-9-26(24)21-31/h2-5,8-15H,1,6-7,16-21H2,(H,30,33). The van der Waals surface area contributed by atoms with E-state index in [-0.39, 0.29) is 5.91 Å². The van der Waals surface area contributed by atoms with E-state index < -0.39 is 0 Å². The highest BCUT2D eigenvalue weighted by Gasteiger charge is 2.19. The Morgan fingerprint density at radius 2 is 1.55 bits per heavy atom. The number of carbonyl (C=O) groups is 1. The molecule has 0 bridgehead atoms. The Bertz CT molecular complexity index is 1150. The third kappa shape index (κ3) is 4.86. The smallest absolute Gasteiger partial charge is 0.255 e. The van der Waals surface area contributed by atoms with Crippen molar-refractivity contribution in [3.63, 3.8) is 0 Å². The Kier molecular flexibility index (Phi) is 6.27. The number of rotatable bonds is 6. The largest absolute Gasteiger partial charge is 0.371 e. The van der Waals surface area contributed by atoms with Gasteiger partial charge < -0.3 is 10.2 Å². The Morgan fingerprint density at radius 1 is 0.848 bits per heavy atom. The first-order valence-corrected chi connectivity index (χ1v) is 11.9. The average molecular weight is 438 g/mol. The summed E-state index contributed by atoms with van der Waals surface area (Å²) in [5.41, 5.74) is 7.59. The van der Waals surface area contributed by atoms with Gasteiger partial charge >= 0.3 is 0 Å². The van der Waals surface area contributed by atoms with Gasteiger partial charge in [0.1, 0.15) is 0 Å². The maximum Gasteiger partial charge on any atom is 0.255 e. The maximum atomic E-state index is 13.0. The monoisotopic (exact) mass is 437 g/mol. The Morgan fingerprint density at radius 3 is 2.33 bits per heavy atom. The van der Waals surface area contributed by atoms with Crippen molar-refractivity contribution in [1.82, 2.24) is 9.80 Å². The molecule has 0 saturated carbocycles. The molecule has 4 nitrogen and oxygen atoms in total. The first kappa shape index (κ1) is 21.5. The molecule has 0 atom stereocenters. The van der Waals surface area contributed by atoms with Crippen LogP contribution < -0.4 is 5.32 Å². The van der Waals surface area contributed by atoms with Crippen molar-refractivity contribution >= 4 is 17.3 Å². The highest BCUT2D eigenvalue weighted by atomic mass is 16.1. The number of hydrogen-bond donors (Lipinski definition) is 1. The SMILES string of the molecule is C=C(c1ccccc1NC(=O)c1ccc(CN2CCc3ccccc3C2)cc1)N1CCCC1. The average Bonchev–Trinajstić information content (AvgIpc) is 3.39. The van der Waals surface area contributed by atoms with Gasteiger partial charge in [0.15, 0.2) is 0 Å². The summed E-state index contributed by atoms with van der Waals surface area (Å²) in [5.74, 6) is -0.0879. The van der Waals surface area contributed by atoms with Crippen LogP contribution in [0.2, 0.25) is 0 Å². The van der Waals surface area contributed by atoms with Gasteiger partial charge in [-0.2, -0.15) is 0 Å². The van der Waals surface area contributed by atoms with Gasteiger partial charge in [-0.15, -0.1) is 0 Å². The first-order chi connectivity index (χ1) is 16.2. The van der Waals surface area contributed by atoms with Crippen LogP contribution in [0, 0.1) is 0 Å². The van der Waals surface area contributed by atoms with Crippen molar-refractivity contribution < 1.29 is 4.79 Å². The van der Waals surface area contributed by atoms with Crippen molar-refractivity contribution in [2.75, 3.05) is 25.0 Å². The van der Waals surface area contributed by atoms with Gasteiger partial charge in [-0.3, -0.25) is 9.69 Å². The van der Waals surface area contributed by atoms with Crippen LogP contribution in [-0.2, 0) is 19.5 Å². The predicted molar refractivity (Wildman–Crippen MR) is 135 cm³/mol. The van der Waals surface area contributed by atoms with E-state index in [4.69, 9.17) is 0 Å². The van der Waals surface area contributed by atoms with Crippen molar-refractivity contribution in [3.05, 3.63) is 107 Å². The zero-order chi connectivity index (χ0) is 22.6. The van der Waals surface area contributed by atoms with E-state index in [0.717, 1.165) is 56.1 Å². The fraction of sp³-hybridized carbons (Fsp3) is 0.276. The molecule has 1 amide bonds. The minimum atomic E-state index is -0.0879. The minimum absolute atomic E-state index is 0.0879. The second kappa shape index (κ2) is 9.63. The van der Waals surface area contributed by atoms with E-state index >= 15 is 0 Å². The van der Waals surface area contributed by atoms with Crippen LogP contribution in [0.15, 0.2) is 79.4 Å². The lowest BCUT2D eigenvalue weighted by Crippen LogP contribution is -2.29. The van der Waals surface area contributed by atoms with E-state index in [1.807, 2.05) is 36.4 Å². The van der Waals surface area contributed by atoms with Gasteiger partial charge in [-0.1, -0.05) is 61.2 Å². The van der Waals surface area contributed by atoms with Crippen LogP contribution >= 0.6 is 0 Å². The molecule has 0 aromatic heterocycles. The number of carbonyl (C=O) groups excluding carboxylic acids is 1. The van der Waals surface area contributed by atoms with Gasteiger partial charge in [0.2, 0.25) is 0 Å². The number of para-hydroxylation sites is 1. The summed E-state index contributed by atoms with van der Waals surface area (Å²) in [6.45, 7) is 9.31. The summed E-state index contributed by atoms with van der Waals surface area (Å²) < 4.78 is 0. The summed E-state index contributed by atoms with van der Waals surface area (Å²) >= 11 is 0. The molecule has 168 valence electrons. The molecule has 2 aliphatic heterocycles. The molecule has 4 heteroatoms. The van der Waals surface area contributed by atoms with E-state index in [2.05, 4.69) is 58.1 Å². The normalized spacial score (nSPS) is 15.8. The zero-order valence-corrected chi connectivity index (χ0v) is 19.1. The highest BCUT2D eigenvalue weighted by Crippen LogP contribution is 2.28. The summed E-state index contributed by atoms with van der Waals surface area (Å²) in [7, 11) is 0. The lowest BCUT2D eigenvalue weighted by molar-refractivity contribution is 0.102. The minimum Gasteiger partial charge on any atom is -0.371 e. The molecule has 3 aromatic rings. The van der Waals surface area contributed by atoms with Gasteiger partial charge in [-0.25, -0.2) is 0 Å². The van der Waals surface area contributed by atoms with E-state index in [1.165, 1.54) is 29.5 Å². The van der Waals surface area contributed by atoms with Crippen LogP contribution in [0.5, 0.6) is 0 Å². The third-order valence-corrected chi connectivity index (χ3v) is 6.81. The number of likely N-dealkylation sites (tertiary alicyclic amines) is 1. The molecular weight excluding hydrogens is 406 g/mol. The quantitative estimate of drug-likeness (QED) is 0.548. The molecule has 0 radical (unpaired) electrons. The number of hydrogen-bond acceptors (Lipinski definition) is 3. The number of benzene rings is 3. The molecular formula is C29H31N3O. The summed E-state index contributed by atoms with van der Waals surface area (Å²) in [5, 5.41) is 3.11. The molecule has 3 aromatic carbocycles. The molecule has 5 rings (SSSR count). The second-order valence-electron chi connectivity index (χ2n) is 9.07. The predicted octanol–water partition coefficient (Wildman–Crippen LogP) is 5.56. The van der Waals surface area contributed by atoms with Gasteiger partial charge in [0, 0.05) is 49.5 Å². The maximum absolute atomic E-state index is 13.0. The number of amides is 1. The highest BCUT2D eigenvalue weighted by molar-refractivity contribution is 6.05. The number of nitrogens with zero attached hydrogens (tertiary/aromatic N) is 2. The van der Waals surface area contributed by atoms with E-state index in [1.54, 1.807) is 0 Å². The van der Waals surface area contributed by atoms with Crippen LogP contribution in [0.25, 0.3) is 5.70 Å². The molecule has 2 heterocycles. The van der Waals surface area contributed by atoms with Crippen molar-refractivity contribution in [3.8, 4) is 0 Å². The summed E-state index contributed by atoms with van der Waals surface area (Å²) in [6.07, 6.45) is 3.49. The van der Waals surface area contributed by atoms with E-state index in [0.29, 0.717) is 5.56 Å². The summed E-state index contributed by atoms with van der Waals surface area (Å²) in [6, 6.07) is 24.7. The molecule has 1 saturated heterocycles. The van der Waals surface area contributed by atoms with E-state index in [9.17, 15) is 4.79 Å². The molecule has 1 N–H and O–H groups in total. The molecule has 0 spiro atoms. The van der Waals surface area contributed by atoms with Crippen LogP contribution in [0.3, 0.4) is 0 Å². The fourth-order valence-electron chi connectivity index (χ4n) is 4.90. The Labute approximate surface area is 196 Å². The van der Waals surface area contributed by atoms with Crippen LogP contribution in [-0.4, -0.2) is 35.3 Å². The fourth-order valence-corrected chi connectivity index (χ4v) is 4.90. The Balaban J connectivity index is 1.23. The Hall–Kier alpha value is -3.37. The van der Waals surface area contributed by atoms with Crippen molar-refractivity contribution in [1.29, 1.82) is 0 Å². The lowest BCUT2D eigenvalue weighted by atomic mass is 9.99. The molecule has 2 aliphatic rings. The summed E-state index contributed by atoms with van der Waals surface area (Å²) in [4.78, 5) is 17.8. The van der Waals surface area contributed by atoms with Crippen LogP contribution in [0.1, 0.15) is 45.5 Å². The second-order valence-corrected chi connectivity index (χ2v) is 9.07. The first-order valence-electron chi connectivity index (χ1n) is 11.9. The number of anilines is 1. The molecule has 0 aliphatic carbocycles. The number of nitrogens with one attached hydrogen (secondary N) is 1. The number of fused-ring (bicyclic) bond motifs is 1. The molecule has 33 heavy (non-hydrogen) atoms. The van der Waals surface area contributed by atoms with Crippen molar-refractivity contribution in [2.45, 2.75) is 32.4 Å². The van der Waals surface area contributed by atoms with Crippen molar-refractivity contribution in [2.24, 2.45) is 0 Å². The van der Waals surface area contributed by atoms with Gasteiger partial charge in [-0.05, 0) is 54.2 Å². The van der Waals surface area contributed by atoms with Crippen LogP contribution in [0.4, 0.5) is 5.69 Å². The zero-order valence-electron chi connectivity index (χ0n) is 19.1. The van der Waals surface area contributed by atoms with Gasteiger partial charge in [0.25, 0.3) is 5.91 Å².